The van der Waals surface area contributed by atoms with E-state index >= 15 is 0 Å². The second-order valence-corrected chi connectivity index (χ2v) is 6.97. The number of amides is 2. The highest BCUT2D eigenvalue weighted by atomic mass is 127. The van der Waals surface area contributed by atoms with Crippen LogP contribution in [0.15, 0.2) is 29.3 Å². The van der Waals surface area contributed by atoms with Crippen LogP contribution in [0.1, 0.15) is 29.8 Å². The summed E-state index contributed by atoms with van der Waals surface area (Å²) in [7, 11) is 6.81. The van der Waals surface area contributed by atoms with E-state index in [1.54, 1.807) is 33.1 Å². The van der Waals surface area contributed by atoms with Crippen LogP contribution in [-0.4, -0.2) is 64.0 Å². The normalized spacial score (nSPS) is 11.3. The number of guanidine groups is 1. The van der Waals surface area contributed by atoms with Crippen molar-refractivity contribution < 1.29 is 9.59 Å². The molecule has 8 heteroatoms. The fourth-order valence-corrected chi connectivity index (χ4v) is 2.39. The number of carbonyl (C=O) groups is 2. The van der Waals surface area contributed by atoms with Crippen molar-refractivity contribution in [2.24, 2.45) is 10.4 Å². The first-order valence-corrected chi connectivity index (χ1v) is 8.68. The molecule has 0 fully saturated rings. The van der Waals surface area contributed by atoms with Gasteiger partial charge in [0.05, 0.1) is 5.41 Å². The van der Waals surface area contributed by atoms with Crippen molar-refractivity contribution in [1.29, 1.82) is 0 Å². The Hall–Kier alpha value is -1.84. The molecule has 0 heterocycles. The fraction of sp³-hybridized carbons (Fsp3) is 0.526. The number of hydrogen-bond acceptors (Lipinski definition) is 3. The van der Waals surface area contributed by atoms with Gasteiger partial charge in [0.25, 0.3) is 5.91 Å². The van der Waals surface area contributed by atoms with Gasteiger partial charge in [-0.3, -0.25) is 14.6 Å². The van der Waals surface area contributed by atoms with E-state index < -0.39 is 5.41 Å². The van der Waals surface area contributed by atoms with Crippen molar-refractivity contribution in [3.63, 3.8) is 0 Å². The molecule has 1 rings (SSSR count). The lowest BCUT2D eigenvalue weighted by atomic mass is 9.92. The Kier molecular flexibility index (Phi) is 11.0. The predicted octanol–water partition coefficient (Wildman–Crippen LogP) is 1.49. The van der Waals surface area contributed by atoms with E-state index in [1.165, 1.54) is 0 Å². The molecule has 27 heavy (non-hydrogen) atoms. The van der Waals surface area contributed by atoms with Crippen molar-refractivity contribution in [3.05, 3.63) is 35.4 Å². The summed E-state index contributed by atoms with van der Waals surface area (Å²) in [5.74, 6) is 0.610. The van der Waals surface area contributed by atoms with E-state index in [1.807, 2.05) is 38.1 Å². The van der Waals surface area contributed by atoms with Crippen molar-refractivity contribution in [2.45, 2.75) is 20.3 Å². The summed E-state index contributed by atoms with van der Waals surface area (Å²) < 4.78 is 0. The first kappa shape index (κ1) is 25.2. The van der Waals surface area contributed by atoms with Crippen LogP contribution in [0.4, 0.5) is 0 Å². The minimum atomic E-state index is -0.534. The summed E-state index contributed by atoms with van der Waals surface area (Å²) in [4.78, 5) is 29.6. The van der Waals surface area contributed by atoms with Crippen LogP contribution < -0.4 is 16.0 Å². The zero-order valence-electron chi connectivity index (χ0n) is 17.0. The SMILES string of the molecule is CN=C(NCCc1cccc(C(=O)N(C)C)c1)NCC(C)(C)C(=O)NC.I. The fourth-order valence-electron chi connectivity index (χ4n) is 2.39. The molecular weight excluding hydrogens is 457 g/mol. The number of nitrogens with one attached hydrogen (secondary N) is 3. The lowest BCUT2D eigenvalue weighted by Gasteiger charge is -2.24. The monoisotopic (exact) mass is 489 g/mol. The van der Waals surface area contributed by atoms with Gasteiger partial charge < -0.3 is 20.9 Å². The lowest BCUT2D eigenvalue weighted by molar-refractivity contribution is -0.128. The maximum Gasteiger partial charge on any atom is 0.253 e. The Bertz CT molecular complexity index is 659. The van der Waals surface area contributed by atoms with E-state index in [0.717, 1.165) is 12.0 Å². The van der Waals surface area contributed by atoms with Crippen LogP contribution in [-0.2, 0) is 11.2 Å². The molecule has 0 aromatic heterocycles. The van der Waals surface area contributed by atoms with Crippen LogP contribution in [0.25, 0.3) is 0 Å². The van der Waals surface area contributed by atoms with Gasteiger partial charge >= 0.3 is 0 Å². The Morgan fingerprint density at radius 2 is 1.85 bits per heavy atom. The summed E-state index contributed by atoms with van der Waals surface area (Å²) >= 11 is 0. The van der Waals surface area contributed by atoms with Gasteiger partial charge in [-0.1, -0.05) is 12.1 Å². The van der Waals surface area contributed by atoms with Crippen molar-refractivity contribution >= 4 is 41.8 Å². The van der Waals surface area contributed by atoms with Crippen molar-refractivity contribution in [3.8, 4) is 0 Å². The molecular formula is C19H32IN5O2. The molecule has 0 saturated heterocycles. The minimum Gasteiger partial charge on any atom is -0.359 e. The standard InChI is InChI=1S/C19H31N5O2.HI/c1-19(2,17(26)20-3)13-23-18(21-4)22-11-10-14-8-7-9-15(12-14)16(25)24(5)6;/h7-9,12H,10-11,13H2,1-6H3,(H,20,26)(H2,21,22,23);1H. The van der Waals surface area contributed by atoms with Gasteiger partial charge in [-0.2, -0.15) is 0 Å². The highest BCUT2D eigenvalue weighted by Crippen LogP contribution is 2.13. The molecule has 3 N–H and O–H groups in total. The zero-order chi connectivity index (χ0) is 19.7. The number of aliphatic imine (C=N–C) groups is 1. The van der Waals surface area contributed by atoms with E-state index in [9.17, 15) is 9.59 Å². The van der Waals surface area contributed by atoms with Crippen LogP contribution in [0, 0.1) is 5.41 Å². The van der Waals surface area contributed by atoms with Gasteiger partial charge in [0.15, 0.2) is 5.96 Å². The second-order valence-electron chi connectivity index (χ2n) is 6.97. The van der Waals surface area contributed by atoms with E-state index in [4.69, 9.17) is 0 Å². The molecule has 0 radical (unpaired) electrons. The maximum absolute atomic E-state index is 12.0. The van der Waals surface area contributed by atoms with Crippen molar-refractivity contribution in [2.75, 3.05) is 41.3 Å². The molecule has 152 valence electrons. The van der Waals surface area contributed by atoms with Gasteiger partial charge in [0.2, 0.25) is 5.91 Å². The second kappa shape index (κ2) is 11.8. The molecule has 1 aromatic rings. The smallest absolute Gasteiger partial charge is 0.253 e. The van der Waals surface area contributed by atoms with Crippen molar-refractivity contribution in [1.82, 2.24) is 20.9 Å². The van der Waals surface area contributed by atoms with Crippen LogP contribution in [0.2, 0.25) is 0 Å². The first-order chi connectivity index (χ1) is 12.2. The Morgan fingerprint density at radius 3 is 2.41 bits per heavy atom. The van der Waals surface area contributed by atoms with Gasteiger partial charge in [-0.05, 0) is 38.0 Å². The number of carbonyl (C=O) groups excluding carboxylic acids is 2. The Labute approximate surface area is 179 Å². The summed E-state index contributed by atoms with van der Waals surface area (Å²) in [5, 5.41) is 9.07. The van der Waals surface area contributed by atoms with E-state index in [-0.39, 0.29) is 35.8 Å². The van der Waals surface area contributed by atoms with Crippen LogP contribution >= 0.6 is 24.0 Å². The summed E-state index contributed by atoms with van der Waals surface area (Å²) in [6, 6.07) is 7.62. The van der Waals surface area contributed by atoms with Gasteiger partial charge in [-0.15, -0.1) is 24.0 Å². The molecule has 1 aromatic carbocycles. The summed E-state index contributed by atoms with van der Waals surface area (Å²) in [6.07, 6.45) is 0.758. The van der Waals surface area contributed by atoms with E-state index in [0.29, 0.717) is 24.6 Å². The topological polar surface area (TPSA) is 85.8 Å². The zero-order valence-corrected chi connectivity index (χ0v) is 19.4. The lowest BCUT2D eigenvalue weighted by Crippen LogP contribution is -2.47. The van der Waals surface area contributed by atoms with Crippen LogP contribution in [0.5, 0.6) is 0 Å². The molecule has 0 bridgehead atoms. The molecule has 0 aliphatic heterocycles. The Balaban J connectivity index is 0.00000676. The molecule has 0 aliphatic carbocycles. The molecule has 0 aliphatic rings. The van der Waals surface area contributed by atoms with Gasteiger partial charge in [0, 0.05) is 46.8 Å². The third kappa shape index (κ3) is 8.15. The quantitative estimate of drug-likeness (QED) is 0.308. The molecule has 0 spiro atoms. The third-order valence-electron chi connectivity index (χ3n) is 4.05. The predicted molar refractivity (Wildman–Crippen MR) is 121 cm³/mol. The molecule has 0 atom stereocenters. The Morgan fingerprint density at radius 1 is 1.19 bits per heavy atom. The molecule has 0 unspecified atom stereocenters. The average Bonchev–Trinajstić information content (AvgIpc) is 2.63. The van der Waals surface area contributed by atoms with Crippen LogP contribution in [0.3, 0.4) is 0 Å². The number of rotatable bonds is 7. The highest BCUT2D eigenvalue weighted by Gasteiger charge is 2.26. The van der Waals surface area contributed by atoms with E-state index in [2.05, 4.69) is 20.9 Å². The largest absolute Gasteiger partial charge is 0.359 e. The summed E-state index contributed by atoms with van der Waals surface area (Å²) in [6.45, 7) is 4.89. The third-order valence-corrected chi connectivity index (χ3v) is 4.05. The summed E-state index contributed by atoms with van der Waals surface area (Å²) in [5.41, 5.74) is 1.22. The number of benzene rings is 1. The number of halogens is 1. The van der Waals surface area contributed by atoms with Gasteiger partial charge in [0.1, 0.15) is 0 Å². The molecule has 0 saturated carbocycles. The van der Waals surface area contributed by atoms with Gasteiger partial charge in [-0.25, -0.2) is 0 Å². The highest BCUT2D eigenvalue weighted by molar-refractivity contribution is 14.0. The number of hydrogen-bond donors (Lipinski definition) is 3. The molecule has 7 nitrogen and oxygen atoms in total. The number of nitrogens with zero attached hydrogens (tertiary/aromatic N) is 2. The minimum absolute atomic E-state index is 0. The first-order valence-electron chi connectivity index (χ1n) is 8.68. The average molecular weight is 489 g/mol. The maximum atomic E-state index is 12.0. The molecule has 2 amide bonds.